The van der Waals surface area contributed by atoms with E-state index in [0.717, 1.165) is 6.42 Å². The molecule has 100 valence electrons. The Labute approximate surface area is 111 Å². The van der Waals surface area contributed by atoms with Crippen LogP contribution in [0.5, 0.6) is 0 Å². The molecule has 1 aromatic carbocycles. The molecule has 2 amide bonds. The highest BCUT2D eigenvalue weighted by Crippen LogP contribution is 2.37. The number of hydrogen-bond acceptors (Lipinski definition) is 2. The fourth-order valence-electron chi connectivity index (χ4n) is 2.57. The number of urea groups is 1. The van der Waals surface area contributed by atoms with Crippen LogP contribution in [-0.4, -0.2) is 29.7 Å². The van der Waals surface area contributed by atoms with Gasteiger partial charge in [-0.15, -0.1) is 0 Å². The molecule has 5 heteroatoms. The van der Waals surface area contributed by atoms with E-state index in [1.165, 1.54) is 0 Å². The summed E-state index contributed by atoms with van der Waals surface area (Å²) in [6.45, 7) is 2.30. The molecular formula is C14H16N2O3. The normalized spacial score (nSPS) is 27.8. The maximum absolute atomic E-state index is 12.2. The number of anilines is 1. The van der Waals surface area contributed by atoms with Crippen molar-refractivity contribution in [3.05, 3.63) is 29.8 Å². The molecule has 1 fully saturated rings. The van der Waals surface area contributed by atoms with E-state index in [2.05, 4.69) is 12.2 Å². The molecule has 1 aliphatic carbocycles. The Morgan fingerprint density at radius 2 is 2.05 bits per heavy atom. The molecular weight excluding hydrogens is 244 g/mol. The Balaban J connectivity index is 1.83. The first-order valence-corrected chi connectivity index (χ1v) is 6.47. The van der Waals surface area contributed by atoms with Crippen LogP contribution in [0.1, 0.15) is 24.8 Å². The van der Waals surface area contributed by atoms with Gasteiger partial charge in [0.05, 0.1) is 0 Å². The lowest BCUT2D eigenvalue weighted by Crippen LogP contribution is -2.41. The second kappa shape index (κ2) is 4.26. The van der Waals surface area contributed by atoms with Crippen molar-refractivity contribution in [1.82, 2.24) is 5.32 Å². The van der Waals surface area contributed by atoms with Gasteiger partial charge in [-0.3, -0.25) is 9.69 Å². The van der Waals surface area contributed by atoms with Crippen molar-refractivity contribution in [2.75, 3.05) is 11.4 Å². The minimum Gasteiger partial charge on any atom is -0.481 e. The van der Waals surface area contributed by atoms with Crippen molar-refractivity contribution in [2.24, 2.45) is 5.92 Å². The maximum Gasteiger partial charge on any atom is 0.322 e. The van der Waals surface area contributed by atoms with Crippen LogP contribution in [-0.2, 0) is 4.79 Å². The molecule has 5 nitrogen and oxygen atoms in total. The molecule has 3 unspecified atom stereocenters. The van der Waals surface area contributed by atoms with E-state index in [9.17, 15) is 14.7 Å². The van der Waals surface area contributed by atoms with Gasteiger partial charge in [0, 0.05) is 18.3 Å². The summed E-state index contributed by atoms with van der Waals surface area (Å²) in [5.74, 6) is -0.988. The van der Waals surface area contributed by atoms with Gasteiger partial charge in [0.2, 0.25) is 0 Å². The lowest BCUT2D eigenvalue weighted by Gasteiger charge is -2.18. The van der Waals surface area contributed by atoms with Gasteiger partial charge in [0.25, 0.3) is 0 Å². The summed E-state index contributed by atoms with van der Waals surface area (Å²) in [6.07, 6.45) is 1.00. The summed E-state index contributed by atoms with van der Waals surface area (Å²) >= 11 is 0. The molecule has 1 heterocycles. The Hall–Kier alpha value is -2.04. The summed E-state index contributed by atoms with van der Waals surface area (Å²) in [7, 11) is 0. The number of carboxylic acids is 1. The number of benzene rings is 1. The number of nitrogens with one attached hydrogen (secondary N) is 1. The predicted octanol–water partition coefficient (Wildman–Crippen LogP) is 1.79. The molecule has 1 aromatic rings. The zero-order valence-electron chi connectivity index (χ0n) is 10.7. The van der Waals surface area contributed by atoms with E-state index in [1.807, 2.05) is 6.07 Å². The minimum atomic E-state index is -0.887. The number of carboxylic acid groups (broad SMARTS) is 1. The fraction of sp³-hybridized carbons (Fsp3) is 0.429. The van der Waals surface area contributed by atoms with Gasteiger partial charge in [-0.05, 0) is 24.0 Å². The zero-order valence-corrected chi connectivity index (χ0v) is 10.7. The Kier molecular flexibility index (Phi) is 2.69. The summed E-state index contributed by atoms with van der Waals surface area (Å²) in [5.41, 5.74) is 1.43. The summed E-state index contributed by atoms with van der Waals surface area (Å²) in [6, 6.07) is 7.26. The van der Waals surface area contributed by atoms with Crippen molar-refractivity contribution in [2.45, 2.75) is 25.3 Å². The molecule has 0 radical (unpaired) electrons. The highest BCUT2D eigenvalue weighted by molar-refractivity contribution is 5.98. The molecule has 1 aliphatic heterocycles. The van der Waals surface area contributed by atoms with E-state index in [0.29, 0.717) is 17.2 Å². The van der Waals surface area contributed by atoms with E-state index in [-0.39, 0.29) is 18.6 Å². The van der Waals surface area contributed by atoms with Crippen LogP contribution in [0, 0.1) is 5.92 Å². The van der Waals surface area contributed by atoms with Crippen molar-refractivity contribution >= 4 is 17.7 Å². The fourth-order valence-corrected chi connectivity index (χ4v) is 2.57. The molecule has 19 heavy (non-hydrogen) atoms. The van der Waals surface area contributed by atoms with Crippen molar-refractivity contribution in [3.63, 3.8) is 0 Å². The number of carbonyl (C=O) groups is 2. The molecule has 0 bridgehead atoms. The quantitative estimate of drug-likeness (QED) is 0.851. The Morgan fingerprint density at radius 1 is 1.37 bits per heavy atom. The monoisotopic (exact) mass is 260 g/mol. The first-order chi connectivity index (χ1) is 9.08. The molecule has 2 aliphatic rings. The lowest BCUT2D eigenvalue weighted by molar-refractivity contribution is -0.138. The second-order valence-corrected chi connectivity index (χ2v) is 5.33. The van der Waals surface area contributed by atoms with Crippen LogP contribution >= 0.6 is 0 Å². The zero-order chi connectivity index (χ0) is 13.6. The molecule has 0 saturated heterocycles. The Morgan fingerprint density at radius 3 is 2.68 bits per heavy atom. The number of hydrogen-bond donors (Lipinski definition) is 2. The third kappa shape index (κ3) is 2.05. The number of fused-ring (bicyclic) bond motifs is 1. The molecule has 0 aromatic heterocycles. The van der Waals surface area contributed by atoms with Crippen molar-refractivity contribution in [1.29, 1.82) is 0 Å². The SMILES string of the molecule is CC1CC1NC(=O)N1CC(C(=O)O)c2ccccc21. The number of rotatable bonds is 2. The molecule has 0 spiro atoms. The van der Waals surface area contributed by atoms with E-state index >= 15 is 0 Å². The average Bonchev–Trinajstić information content (AvgIpc) is 2.92. The van der Waals surface area contributed by atoms with Crippen LogP contribution in [0.3, 0.4) is 0 Å². The predicted molar refractivity (Wildman–Crippen MR) is 70.3 cm³/mol. The molecule has 2 N–H and O–H groups in total. The van der Waals surface area contributed by atoms with Crippen LogP contribution < -0.4 is 10.2 Å². The highest BCUT2D eigenvalue weighted by atomic mass is 16.4. The Bertz CT molecular complexity index is 543. The average molecular weight is 260 g/mol. The van der Waals surface area contributed by atoms with E-state index in [1.54, 1.807) is 23.1 Å². The van der Waals surface area contributed by atoms with Gasteiger partial charge in [0.15, 0.2) is 0 Å². The summed E-state index contributed by atoms with van der Waals surface area (Å²) in [4.78, 5) is 25.0. The standard InChI is InChI=1S/C14H16N2O3/c1-8-6-11(8)15-14(19)16-7-10(13(17)18)9-4-2-3-5-12(9)16/h2-5,8,10-11H,6-7H2,1H3,(H,15,19)(H,17,18). The lowest BCUT2D eigenvalue weighted by atomic mass is 10.0. The van der Waals surface area contributed by atoms with Crippen molar-refractivity contribution < 1.29 is 14.7 Å². The van der Waals surface area contributed by atoms with Gasteiger partial charge < -0.3 is 10.4 Å². The third-order valence-corrected chi connectivity index (χ3v) is 3.93. The minimum absolute atomic E-state index is 0.189. The molecule has 3 rings (SSSR count). The van der Waals surface area contributed by atoms with Gasteiger partial charge in [0.1, 0.15) is 5.92 Å². The van der Waals surface area contributed by atoms with Gasteiger partial charge in [-0.1, -0.05) is 25.1 Å². The number of amides is 2. The van der Waals surface area contributed by atoms with Gasteiger partial charge >= 0.3 is 12.0 Å². The number of nitrogens with zero attached hydrogens (tertiary/aromatic N) is 1. The number of para-hydroxylation sites is 1. The second-order valence-electron chi connectivity index (χ2n) is 5.33. The topological polar surface area (TPSA) is 69.6 Å². The first kappa shape index (κ1) is 12.0. The number of carbonyl (C=O) groups excluding carboxylic acids is 1. The molecule has 1 saturated carbocycles. The van der Waals surface area contributed by atoms with E-state index < -0.39 is 11.9 Å². The van der Waals surface area contributed by atoms with Crippen molar-refractivity contribution in [3.8, 4) is 0 Å². The first-order valence-electron chi connectivity index (χ1n) is 6.47. The van der Waals surface area contributed by atoms with Crippen LogP contribution in [0.4, 0.5) is 10.5 Å². The van der Waals surface area contributed by atoms with Crippen LogP contribution in [0.25, 0.3) is 0 Å². The van der Waals surface area contributed by atoms with Gasteiger partial charge in [-0.25, -0.2) is 4.79 Å². The number of aliphatic carboxylic acids is 1. The highest BCUT2D eigenvalue weighted by Gasteiger charge is 2.39. The largest absolute Gasteiger partial charge is 0.481 e. The smallest absolute Gasteiger partial charge is 0.322 e. The third-order valence-electron chi connectivity index (χ3n) is 3.93. The van der Waals surface area contributed by atoms with E-state index in [4.69, 9.17) is 0 Å². The maximum atomic E-state index is 12.2. The van der Waals surface area contributed by atoms with Gasteiger partial charge in [-0.2, -0.15) is 0 Å². The van der Waals surface area contributed by atoms with Crippen LogP contribution in [0.2, 0.25) is 0 Å². The summed E-state index contributed by atoms with van der Waals surface area (Å²) < 4.78 is 0. The van der Waals surface area contributed by atoms with Crippen LogP contribution in [0.15, 0.2) is 24.3 Å². The summed E-state index contributed by atoms with van der Waals surface area (Å²) in [5, 5.41) is 12.2. The molecule has 3 atom stereocenters.